The Hall–Kier alpha value is -3.07. The highest BCUT2D eigenvalue weighted by Crippen LogP contribution is 2.43. The number of aliphatic hydroxyl groups is 3. The molecule has 0 bridgehead atoms. The van der Waals surface area contributed by atoms with Gasteiger partial charge in [0.1, 0.15) is 5.82 Å². The molecule has 0 aliphatic carbocycles. The summed E-state index contributed by atoms with van der Waals surface area (Å²) in [5.41, 5.74) is -5.11. The molecule has 14 heteroatoms. The molecule has 206 valence electrons. The highest BCUT2D eigenvalue weighted by Gasteiger charge is 2.51. The highest BCUT2D eigenvalue weighted by atomic mass is 32.2. The molecular formula is C24H25F4N3O6S. The summed E-state index contributed by atoms with van der Waals surface area (Å²) >= 11 is 0. The van der Waals surface area contributed by atoms with Crippen LogP contribution in [0.15, 0.2) is 51.8 Å². The van der Waals surface area contributed by atoms with Crippen molar-refractivity contribution in [1.82, 2.24) is 10.2 Å². The summed E-state index contributed by atoms with van der Waals surface area (Å²) in [5.74, 6) is -0.982. The van der Waals surface area contributed by atoms with E-state index in [-0.39, 0.29) is 47.2 Å². The number of hydrogen-bond acceptors (Lipinski definition) is 8. The predicted molar refractivity (Wildman–Crippen MR) is 125 cm³/mol. The second-order valence-electron chi connectivity index (χ2n) is 9.50. The minimum absolute atomic E-state index is 0.0434. The molecule has 3 N–H and O–H groups in total. The smallest absolute Gasteiger partial charge is 0.421 e. The highest BCUT2D eigenvalue weighted by molar-refractivity contribution is 7.92. The summed E-state index contributed by atoms with van der Waals surface area (Å²) in [5, 5.41) is 37.2. The van der Waals surface area contributed by atoms with E-state index >= 15 is 0 Å². The molecule has 2 aromatic carbocycles. The van der Waals surface area contributed by atoms with E-state index in [0.717, 1.165) is 40.7 Å². The van der Waals surface area contributed by atoms with Gasteiger partial charge in [0.15, 0.2) is 11.2 Å². The summed E-state index contributed by atoms with van der Waals surface area (Å²) in [7, 11) is -4.36. The molecule has 1 aliphatic heterocycles. The van der Waals surface area contributed by atoms with E-state index in [4.69, 9.17) is 4.42 Å². The summed E-state index contributed by atoms with van der Waals surface area (Å²) in [6.07, 6.45) is -4.81. The summed E-state index contributed by atoms with van der Waals surface area (Å²) in [6, 6.07) is 6.55. The molecule has 4 rings (SSSR count). The monoisotopic (exact) mass is 559 g/mol. The van der Waals surface area contributed by atoms with E-state index < -0.39 is 51.4 Å². The number of aromatic nitrogens is 2. The molecular weight excluding hydrogens is 534 g/mol. The van der Waals surface area contributed by atoms with Gasteiger partial charge in [-0.05, 0) is 68.1 Å². The number of benzene rings is 2. The Kier molecular flexibility index (Phi) is 7.06. The number of hydrogen-bond donors (Lipinski definition) is 3. The van der Waals surface area contributed by atoms with E-state index in [1.54, 1.807) is 0 Å². The molecule has 3 atom stereocenters. The van der Waals surface area contributed by atoms with Crippen molar-refractivity contribution in [3.63, 3.8) is 0 Å². The number of halogens is 4. The zero-order valence-electron chi connectivity index (χ0n) is 20.3. The van der Waals surface area contributed by atoms with Crippen molar-refractivity contribution >= 4 is 15.7 Å². The Morgan fingerprint density at radius 1 is 1.08 bits per heavy atom. The first-order chi connectivity index (χ1) is 17.6. The topological polar surface area (TPSA) is 137 Å². The Balaban J connectivity index is 1.79. The van der Waals surface area contributed by atoms with Crippen molar-refractivity contribution < 1.29 is 45.7 Å². The number of aliphatic hydroxyl groups excluding tert-OH is 1. The summed E-state index contributed by atoms with van der Waals surface area (Å²) < 4.78 is 87.8. The zero-order valence-corrected chi connectivity index (χ0v) is 21.1. The lowest BCUT2D eigenvalue weighted by molar-refractivity contribution is -0.258. The van der Waals surface area contributed by atoms with Gasteiger partial charge >= 0.3 is 6.18 Å². The molecule has 2 heterocycles. The normalized spacial score (nSPS) is 19.5. The standard InChI is InChI=1S/C24H25F4N3O6S/c1-22(33,13-32)21-30-29-20(37-21)12-17-7-3-14-11-15(23(2,34)24(26,27)28)4-10-19(14)31(17)38(35,36)18-8-5-16(25)6-9-18/h4-6,8-11,17,32-34H,3,7,12-13H2,1-2H3/t17-,22?,23?/m0/s1. The Morgan fingerprint density at radius 3 is 2.34 bits per heavy atom. The maximum atomic E-state index is 13.7. The summed E-state index contributed by atoms with van der Waals surface area (Å²) in [4.78, 5) is -0.252. The van der Waals surface area contributed by atoms with E-state index in [1.807, 2.05) is 0 Å². The first-order valence-corrected chi connectivity index (χ1v) is 12.9. The van der Waals surface area contributed by atoms with E-state index in [1.165, 1.54) is 13.0 Å². The van der Waals surface area contributed by atoms with Crippen LogP contribution in [0.1, 0.15) is 43.2 Å². The third kappa shape index (κ3) is 5.00. The van der Waals surface area contributed by atoms with Crippen molar-refractivity contribution in [3.8, 4) is 0 Å². The van der Waals surface area contributed by atoms with Gasteiger partial charge in [0.25, 0.3) is 10.0 Å². The lowest BCUT2D eigenvalue weighted by Crippen LogP contribution is -2.45. The fraction of sp³-hybridized carbons (Fsp3) is 0.417. The van der Waals surface area contributed by atoms with Crippen LogP contribution < -0.4 is 4.31 Å². The van der Waals surface area contributed by atoms with Crippen LogP contribution in [0.4, 0.5) is 23.2 Å². The number of sulfonamides is 1. The van der Waals surface area contributed by atoms with Gasteiger partial charge in [-0.2, -0.15) is 13.2 Å². The predicted octanol–water partition coefficient (Wildman–Crippen LogP) is 2.93. The third-order valence-electron chi connectivity index (χ3n) is 6.53. The Morgan fingerprint density at radius 2 is 1.74 bits per heavy atom. The van der Waals surface area contributed by atoms with Gasteiger partial charge in [0.2, 0.25) is 11.8 Å². The van der Waals surface area contributed by atoms with Crippen LogP contribution in [0.2, 0.25) is 0 Å². The number of fused-ring (bicyclic) bond motifs is 1. The number of anilines is 1. The van der Waals surface area contributed by atoms with E-state index in [2.05, 4.69) is 10.2 Å². The van der Waals surface area contributed by atoms with Gasteiger partial charge in [-0.3, -0.25) is 4.31 Å². The van der Waals surface area contributed by atoms with Crippen LogP contribution in [-0.2, 0) is 34.1 Å². The molecule has 0 amide bonds. The van der Waals surface area contributed by atoms with Crippen LogP contribution in [0.25, 0.3) is 0 Å². The van der Waals surface area contributed by atoms with Gasteiger partial charge in [-0.25, -0.2) is 12.8 Å². The third-order valence-corrected chi connectivity index (χ3v) is 8.41. The van der Waals surface area contributed by atoms with Gasteiger partial charge < -0.3 is 19.7 Å². The minimum atomic E-state index is -4.97. The SMILES string of the molecule is CC(O)(CO)c1nnc(C[C@@H]2CCc3cc(C(C)(O)C(F)(F)F)ccc3N2S(=O)(=O)c2ccc(F)cc2)o1. The van der Waals surface area contributed by atoms with Gasteiger partial charge in [-0.15, -0.1) is 10.2 Å². The minimum Gasteiger partial charge on any atom is -0.422 e. The van der Waals surface area contributed by atoms with Crippen LogP contribution in [0.3, 0.4) is 0 Å². The first kappa shape index (κ1) is 28.0. The number of rotatable bonds is 7. The fourth-order valence-electron chi connectivity index (χ4n) is 4.16. The van der Waals surface area contributed by atoms with Crippen molar-refractivity contribution in [2.24, 2.45) is 0 Å². The number of aryl methyl sites for hydroxylation is 1. The average Bonchev–Trinajstić information content (AvgIpc) is 3.32. The van der Waals surface area contributed by atoms with Crippen LogP contribution >= 0.6 is 0 Å². The average molecular weight is 560 g/mol. The van der Waals surface area contributed by atoms with Crippen LogP contribution in [0, 0.1) is 5.82 Å². The molecule has 0 saturated heterocycles. The Bertz CT molecular complexity index is 1420. The molecule has 9 nitrogen and oxygen atoms in total. The second kappa shape index (κ2) is 9.59. The van der Waals surface area contributed by atoms with Crippen molar-refractivity contribution in [3.05, 3.63) is 71.2 Å². The van der Waals surface area contributed by atoms with Crippen molar-refractivity contribution in [2.75, 3.05) is 10.9 Å². The van der Waals surface area contributed by atoms with Crippen molar-refractivity contribution in [2.45, 2.75) is 61.4 Å². The van der Waals surface area contributed by atoms with E-state index in [0.29, 0.717) is 6.92 Å². The van der Waals surface area contributed by atoms with E-state index in [9.17, 15) is 41.3 Å². The maximum absolute atomic E-state index is 13.7. The first-order valence-electron chi connectivity index (χ1n) is 11.5. The number of nitrogens with zero attached hydrogens (tertiary/aromatic N) is 3. The lowest BCUT2D eigenvalue weighted by Gasteiger charge is -2.38. The second-order valence-corrected chi connectivity index (χ2v) is 11.3. The van der Waals surface area contributed by atoms with Crippen molar-refractivity contribution in [1.29, 1.82) is 0 Å². The quantitative estimate of drug-likeness (QED) is 0.376. The molecule has 0 radical (unpaired) electrons. The largest absolute Gasteiger partial charge is 0.422 e. The molecule has 0 fully saturated rings. The fourth-order valence-corrected chi connectivity index (χ4v) is 5.87. The molecule has 0 spiro atoms. The molecule has 1 aliphatic rings. The lowest BCUT2D eigenvalue weighted by atomic mass is 9.89. The molecule has 1 aromatic heterocycles. The molecule has 0 saturated carbocycles. The molecule has 3 aromatic rings. The molecule has 2 unspecified atom stereocenters. The van der Waals surface area contributed by atoms with Gasteiger partial charge in [0, 0.05) is 6.42 Å². The summed E-state index contributed by atoms with van der Waals surface area (Å²) in [6.45, 7) is 1.16. The maximum Gasteiger partial charge on any atom is 0.421 e. The Labute approximate surface area is 215 Å². The zero-order chi connectivity index (χ0) is 28.1. The van der Waals surface area contributed by atoms with Gasteiger partial charge in [0.05, 0.1) is 23.2 Å². The molecule has 38 heavy (non-hydrogen) atoms. The number of alkyl halides is 3. The van der Waals surface area contributed by atoms with Gasteiger partial charge in [-0.1, -0.05) is 12.1 Å². The van der Waals surface area contributed by atoms with Crippen LogP contribution in [0.5, 0.6) is 0 Å². The van der Waals surface area contributed by atoms with Crippen LogP contribution in [-0.4, -0.2) is 52.8 Å².